The summed E-state index contributed by atoms with van der Waals surface area (Å²) >= 11 is 1.55. The summed E-state index contributed by atoms with van der Waals surface area (Å²) in [6.45, 7) is 4.29. The maximum absolute atomic E-state index is 13.7. The number of amides is 1. The van der Waals surface area contributed by atoms with Gasteiger partial charge < -0.3 is 15.2 Å². The Kier molecular flexibility index (Phi) is 9.39. The molecule has 1 aromatic heterocycles. The van der Waals surface area contributed by atoms with E-state index in [0.29, 0.717) is 23.5 Å². The van der Waals surface area contributed by atoms with Crippen LogP contribution >= 0.6 is 11.8 Å². The van der Waals surface area contributed by atoms with E-state index in [-0.39, 0.29) is 6.61 Å². The van der Waals surface area contributed by atoms with Crippen LogP contribution in [0.2, 0.25) is 0 Å². The Hall–Kier alpha value is -4.10. The van der Waals surface area contributed by atoms with Crippen molar-refractivity contribution in [2.45, 2.75) is 32.9 Å². The highest BCUT2D eigenvalue weighted by molar-refractivity contribution is 7.98. The van der Waals surface area contributed by atoms with Gasteiger partial charge in [0.15, 0.2) is 0 Å². The largest absolute Gasteiger partial charge is 0.487 e. The van der Waals surface area contributed by atoms with Gasteiger partial charge in [-0.05, 0) is 89.9 Å². The number of aryl methyl sites for hydroxylation is 2. The Labute approximate surface area is 233 Å². The molecule has 0 saturated carbocycles. The average molecular weight is 541 g/mol. The van der Waals surface area contributed by atoms with Crippen LogP contribution < -0.4 is 10.1 Å². The van der Waals surface area contributed by atoms with Crippen LogP contribution in [0.4, 0.5) is 0 Å². The molecule has 6 nitrogen and oxygen atoms in total. The zero-order valence-corrected chi connectivity index (χ0v) is 23.1. The maximum atomic E-state index is 13.7. The van der Waals surface area contributed by atoms with E-state index in [1.807, 2.05) is 92.9 Å². The number of hydrogen-bond donors (Lipinski definition) is 2. The predicted molar refractivity (Wildman–Crippen MR) is 157 cm³/mol. The van der Waals surface area contributed by atoms with Crippen LogP contribution in [0.1, 0.15) is 33.5 Å². The highest BCUT2D eigenvalue weighted by Crippen LogP contribution is 2.35. The maximum Gasteiger partial charge on any atom is 0.326 e. The number of carbonyl (C=O) groups is 2. The molecule has 1 amide bonds. The second-order valence-corrected chi connectivity index (χ2v) is 10.3. The van der Waals surface area contributed by atoms with Gasteiger partial charge in [0.05, 0.1) is 6.20 Å². The van der Waals surface area contributed by atoms with Crippen molar-refractivity contribution in [1.82, 2.24) is 10.3 Å². The molecule has 4 rings (SSSR count). The summed E-state index contributed by atoms with van der Waals surface area (Å²) < 4.78 is 6.10. The average Bonchev–Trinajstić information content (AvgIpc) is 2.95. The van der Waals surface area contributed by atoms with Crippen molar-refractivity contribution in [2.75, 3.05) is 12.0 Å². The molecule has 4 aromatic rings. The minimum Gasteiger partial charge on any atom is -0.487 e. The first kappa shape index (κ1) is 27.9. The van der Waals surface area contributed by atoms with Crippen molar-refractivity contribution >= 4 is 23.6 Å². The third-order valence-electron chi connectivity index (χ3n) is 6.53. The van der Waals surface area contributed by atoms with Crippen molar-refractivity contribution in [3.8, 4) is 28.0 Å². The van der Waals surface area contributed by atoms with E-state index in [1.165, 1.54) is 0 Å². The zero-order chi connectivity index (χ0) is 27.8. The molecule has 39 heavy (non-hydrogen) atoms. The Balaban J connectivity index is 1.86. The zero-order valence-electron chi connectivity index (χ0n) is 22.3. The number of pyridine rings is 1. The van der Waals surface area contributed by atoms with Crippen LogP contribution in [-0.2, 0) is 11.4 Å². The minimum atomic E-state index is -1.05. The van der Waals surface area contributed by atoms with Gasteiger partial charge >= 0.3 is 5.97 Å². The van der Waals surface area contributed by atoms with Crippen molar-refractivity contribution in [3.05, 3.63) is 107 Å². The highest BCUT2D eigenvalue weighted by atomic mass is 32.2. The third-order valence-corrected chi connectivity index (χ3v) is 7.17. The van der Waals surface area contributed by atoms with Crippen LogP contribution in [-0.4, -0.2) is 40.0 Å². The van der Waals surface area contributed by atoms with Crippen LogP contribution in [0.25, 0.3) is 22.3 Å². The molecule has 0 aliphatic rings. The molecule has 1 heterocycles. The van der Waals surface area contributed by atoms with Crippen LogP contribution in [0.3, 0.4) is 0 Å². The van der Waals surface area contributed by atoms with Gasteiger partial charge in [-0.3, -0.25) is 9.78 Å². The van der Waals surface area contributed by atoms with Gasteiger partial charge in [-0.15, -0.1) is 0 Å². The lowest BCUT2D eigenvalue weighted by Gasteiger charge is -2.20. The van der Waals surface area contributed by atoms with E-state index in [1.54, 1.807) is 24.2 Å². The van der Waals surface area contributed by atoms with Crippen molar-refractivity contribution in [3.63, 3.8) is 0 Å². The number of ether oxygens (including phenoxy) is 1. The first-order valence-corrected chi connectivity index (χ1v) is 14.1. The topological polar surface area (TPSA) is 88.5 Å². The number of hydrogen-bond acceptors (Lipinski definition) is 5. The van der Waals surface area contributed by atoms with Crippen molar-refractivity contribution in [2.24, 2.45) is 0 Å². The Bertz CT molecular complexity index is 1440. The number of aromatic nitrogens is 1. The van der Waals surface area contributed by atoms with E-state index < -0.39 is 17.9 Å². The van der Waals surface area contributed by atoms with Crippen LogP contribution in [0.5, 0.6) is 5.75 Å². The van der Waals surface area contributed by atoms with E-state index in [4.69, 9.17) is 4.74 Å². The van der Waals surface area contributed by atoms with Gasteiger partial charge in [-0.1, -0.05) is 54.1 Å². The molecule has 0 aliphatic heterocycles. The Morgan fingerprint density at radius 3 is 2.41 bits per heavy atom. The molecule has 0 spiro atoms. The fourth-order valence-corrected chi connectivity index (χ4v) is 4.85. The van der Waals surface area contributed by atoms with Gasteiger partial charge in [0, 0.05) is 11.8 Å². The molecular weight excluding hydrogens is 508 g/mol. The predicted octanol–water partition coefficient (Wildman–Crippen LogP) is 6.55. The molecule has 1 unspecified atom stereocenters. The lowest BCUT2D eigenvalue weighted by molar-refractivity contribution is -0.139. The first-order valence-electron chi connectivity index (χ1n) is 12.7. The number of nitrogens with zero attached hydrogens (tertiary/aromatic N) is 1. The fourth-order valence-electron chi connectivity index (χ4n) is 4.37. The van der Waals surface area contributed by atoms with Gasteiger partial charge in [0.1, 0.15) is 18.4 Å². The summed E-state index contributed by atoms with van der Waals surface area (Å²) in [5, 5.41) is 12.5. The molecule has 0 bridgehead atoms. The Morgan fingerprint density at radius 1 is 0.974 bits per heavy atom. The number of carboxylic acids is 1. The highest BCUT2D eigenvalue weighted by Gasteiger charge is 2.24. The third kappa shape index (κ3) is 7.06. The van der Waals surface area contributed by atoms with E-state index in [0.717, 1.165) is 38.9 Å². The molecule has 200 valence electrons. The number of nitrogens with one attached hydrogen (secondary N) is 1. The number of rotatable bonds is 11. The van der Waals surface area contributed by atoms with Gasteiger partial charge in [0.2, 0.25) is 0 Å². The number of benzene rings is 3. The van der Waals surface area contributed by atoms with Gasteiger partial charge in [-0.2, -0.15) is 11.8 Å². The van der Waals surface area contributed by atoms with Crippen LogP contribution in [0, 0.1) is 13.8 Å². The number of carboxylic acid groups (broad SMARTS) is 1. The lowest BCUT2D eigenvalue weighted by Crippen LogP contribution is -2.41. The number of thioether (sulfide) groups is 1. The standard InChI is InChI=1S/C32H32N2O4S/c1-21-10-12-23(13-11-21)27-18-29(31(35)34-30(32(36)37)14-16-39-3)28(26-9-5-4-7-22(26)2)17-24(27)20-38-25-8-6-15-33-19-25/h4-13,15,17-19,30H,14,16,20H2,1-3H3,(H,34,35)(H,36,37). The smallest absolute Gasteiger partial charge is 0.326 e. The second-order valence-electron chi connectivity index (χ2n) is 9.36. The fraction of sp³-hybridized carbons (Fsp3) is 0.219. The summed E-state index contributed by atoms with van der Waals surface area (Å²) in [4.78, 5) is 29.8. The van der Waals surface area contributed by atoms with Crippen molar-refractivity contribution < 1.29 is 19.4 Å². The number of carbonyl (C=O) groups excluding carboxylic acids is 1. The summed E-state index contributed by atoms with van der Waals surface area (Å²) in [6, 6.07) is 22.5. The van der Waals surface area contributed by atoms with E-state index in [2.05, 4.69) is 10.3 Å². The lowest BCUT2D eigenvalue weighted by atomic mass is 9.88. The molecule has 7 heteroatoms. The van der Waals surface area contributed by atoms with Gasteiger partial charge in [0.25, 0.3) is 5.91 Å². The molecular formula is C32H32N2O4S. The van der Waals surface area contributed by atoms with E-state index >= 15 is 0 Å². The molecule has 0 saturated heterocycles. The monoisotopic (exact) mass is 540 g/mol. The van der Waals surface area contributed by atoms with E-state index in [9.17, 15) is 14.7 Å². The normalized spacial score (nSPS) is 11.6. The Morgan fingerprint density at radius 2 is 1.74 bits per heavy atom. The molecule has 3 aromatic carbocycles. The molecule has 0 radical (unpaired) electrons. The summed E-state index contributed by atoms with van der Waals surface area (Å²) in [7, 11) is 0. The van der Waals surface area contributed by atoms with Crippen molar-refractivity contribution in [1.29, 1.82) is 0 Å². The SMILES string of the molecule is CSCCC(NC(=O)c1cc(-c2ccc(C)cc2)c(COc2cccnc2)cc1-c1ccccc1C)C(=O)O. The van der Waals surface area contributed by atoms with Crippen LogP contribution in [0.15, 0.2) is 85.2 Å². The minimum absolute atomic E-state index is 0.265. The quantitative estimate of drug-likeness (QED) is 0.224. The summed E-state index contributed by atoms with van der Waals surface area (Å²) in [5.74, 6) is -0.198. The molecule has 1 atom stereocenters. The second kappa shape index (κ2) is 13.1. The molecule has 0 aliphatic carbocycles. The number of aliphatic carboxylic acids is 1. The molecule has 0 fully saturated rings. The molecule has 2 N–H and O–H groups in total. The first-order chi connectivity index (χ1) is 18.9. The van der Waals surface area contributed by atoms with Gasteiger partial charge in [-0.25, -0.2) is 4.79 Å². The summed E-state index contributed by atoms with van der Waals surface area (Å²) in [5.41, 5.74) is 6.85. The summed E-state index contributed by atoms with van der Waals surface area (Å²) in [6.07, 6.45) is 5.61.